The Hall–Kier alpha value is -1.93. The lowest BCUT2D eigenvalue weighted by atomic mass is 10.1. The standard InChI is InChI=1S/C19H21F4NO2S/c1-2-3-4-5-14-6-9-17(10-7-14)27(25,26)24-13-15-12-16(19(21,22)23)8-11-18(15)20/h6-12,24H,2-5,13H2,1H3. The van der Waals surface area contributed by atoms with Crippen LogP contribution in [0.2, 0.25) is 0 Å². The number of hydrogen-bond donors (Lipinski definition) is 1. The van der Waals surface area contributed by atoms with Crippen molar-refractivity contribution in [2.24, 2.45) is 0 Å². The lowest BCUT2D eigenvalue weighted by molar-refractivity contribution is -0.137. The zero-order chi connectivity index (χ0) is 20.1. The molecule has 0 atom stereocenters. The van der Waals surface area contributed by atoms with Gasteiger partial charge in [-0.05, 0) is 48.7 Å². The molecule has 2 aromatic carbocycles. The maximum absolute atomic E-state index is 13.7. The van der Waals surface area contributed by atoms with Gasteiger partial charge in [0.15, 0.2) is 0 Å². The van der Waals surface area contributed by atoms with E-state index in [1.807, 2.05) is 0 Å². The Morgan fingerprint density at radius 2 is 1.67 bits per heavy atom. The van der Waals surface area contributed by atoms with Gasteiger partial charge in [0.2, 0.25) is 10.0 Å². The molecule has 1 N–H and O–H groups in total. The number of benzene rings is 2. The number of hydrogen-bond acceptors (Lipinski definition) is 2. The van der Waals surface area contributed by atoms with E-state index in [0.717, 1.165) is 31.2 Å². The molecule has 0 heterocycles. The van der Waals surface area contributed by atoms with Crippen LogP contribution < -0.4 is 4.72 Å². The van der Waals surface area contributed by atoms with Gasteiger partial charge in [-0.3, -0.25) is 0 Å². The van der Waals surface area contributed by atoms with E-state index >= 15 is 0 Å². The van der Waals surface area contributed by atoms with Gasteiger partial charge in [0, 0.05) is 12.1 Å². The fourth-order valence-corrected chi connectivity index (χ4v) is 3.56. The third-order valence-electron chi connectivity index (χ3n) is 4.13. The minimum Gasteiger partial charge on any atom is -0.207 e. The summed E-state index contributed by atoms with van der Waals surface area (Å²) in [5, 5.41) is 0. The van der Waals surface area contributed by atoms with E-state index in [1.165, 1.54) is 12.1 Å². The molecule has 0 aliphatic carbocycles. The molecule has 148 valence electrons. The summed E-state index contributed by atoms with van der Waals surface area (Å²) in [6, 6.07) is 8.18. The minimum atomic E-state index is -4.63. The van der Waals surface area contributed by atoms with E-state index in [0.29, 0.717) is 18.2 Å². The van der Waals surface area contributed by atoms with Crippen LogP contribution in [0.4, 0.5) is 17.6 Å². The number of halogens is 4. The fraction of sp³-hybridized carbons (Fsp3) is 0.368. The monoisotopic (exact) mass is 403 g/mol. The highest BCUT2D eigenvalue weighted by Gasteiger charge is 2.31. The Balaban J connectivity index is 2.08. The molecule has 0 fully saturated rings. The van der Waals surface area contributed by atoms with Crippen molar-refractivity contribution in [3.63, 3.8) is 0 Å². The molecule has 27 heavy (non-hydrogen) atoms. The van der Waals surface area contributed by atoms with Crippen LogP contribution in [-0.4, -0.2) is 8.42 Å². The molecule has 0 aliphatic heterocycles. The van der Waals surface area contributed by atoms with Crippen molar-refractivity contribution in [1.29, 1.82) is 0 Å². The second kappa shape index (κ2) is 8.84. The summed E-state index contributed by atoms with van der Waals surface area (Å²) in [6.07, 6.45) is -0.603. The normalized spacial score (nSPS) is 12.3. The van der Waals surface area contributed by atoms with Crippen molar-refractivity contribution >= 4 is 10.0 Å². The zero-order valence-corrected chi connectivity index (χ0v) is 15.6. The van der Waals surface area contributed by atoms with Crippen LogP contribution in [0.1, 0.15) is 42.9 Å². The molecule has 2 aromatic rings. The van der Waals surface area contributed by atoms with E-state index in [4.69, 9.17) is 0 Å². The maximum Gasteiger partial charge on any atom is 0.416 e. The van der Waals surface area contributed by atoms with Crippen molar-refractivity contribution in [2.75, 3.05) is 0 Å². The van der Waals surface area contributed by atoms with Gasteiger partial charge in [-0.15, -0.1) is 0 Å². The molecule has 0 bridgehead atoms. The average Bonchev–Trinajstić information content (AvgIpc) is 2.61. The van der Waals surface area contributed by atoms with Crippen LogP contribution in [-0.2, 0) is 29.2 Å². The van der Waals surface area contributed by atoms with E-state index < -0.39 is 34.1 Å². The van der Waals surface area contributed by atoms with E-state index in [9.17, 15) is 26.0 Å². The number of alkyl halides is 3. The minimum absolute atomic E-state index is 0.0193. The highest BCUT2D eigenvalue weighted by Crippen LogP contribution is 2.30. The summed E-state index contributed by atoms with van der Waals surface area (Å²) in [5.74, 6) is -0.906. The third-order valence-corrected chi connectivity index (χ3v) is 5.55. The Labute approximate surface area is 156 Å². The Morgan fingerprint density at radius 1 is 1.00 bits per heavy atom. The lowest BCUT2D eigenvalue weighted by Gasteiger charge is -2.11. The second-order valence-corrected chi connectivity index (χ2v) is 8.00. The summed E-state index contributed by atoms with van der Waals surface area (Å²) >= 11 is 0. The largest absolute Gasteiger partial charge is 0.416 e. The van der Waals surface area contributed by atoms with Gasteiger partial charge in [0.25, 0.3) is 0 Å². The number of rotatable bonds is 8. The SMILES string of the molecule is CCCCCc1ccc(S(=O)(=O)NCc2cc(C(F)(F)F)ccc2F)cc1. The van der Waals surface area contributed by atoms with Gasteiger partial charge in [-0.25, -0.2) is 17.5 Å². The van der Waals surface area contributed by atoms with Crippen molar-refractivity contribution in [3.05, 3.63) is 65.0 Å². The first-order valence-electron chi connectivity index (χ1n) is 8.57. The molecule has 0 saturated heterocycles. The topological polar surface area (TPSA) is 46.2 Å². The molecule has 0 aromatic heterocycles. The van der Waals surface area contributed by atoms with E-state index in [1.54, 1.807) is 12.1 Å². The molecule has 0 radical (unpaired) electrons. The van der Waals surface area contributed by atoms with Crippen LogP contribution in [0, 0.1) is 5.82 Å². The summed E-state index contributed by atoms with van der Waals surface area (Å²) in [5.41, 5.74) is -0.398. The summed E-state index contributed by atoms with van der Waals surface area (Å²) in [6.45, 7) is 1.52. The average molecular weight is 403 g/mol. The van der Waals surface area contributed by atoms with Crippen molar-refractivity contribution in [1.82, 2.24) is 4.72 Å². The molecular formula is C19H21F4NO2S. The van der Waals surface area contributed by atoms with E-state index in [2.05, 4.69) is 11.6 Å². The second-order valence-electron chi connectivity index (χ2n) is 6.23. The van der Waals surface area contributed by atoms with Gasteiger partial charge in [0.05, 0.1) is 10.5 Å². The Bertz CT molecular complexity index is 862. The number of sulfonamides is 1. The Morgan fingerprint density at radius 3 is 2.26 bits per heavy atom. The molecule has 0 aliphatic rings. The van der Waals surface area contributed by atoms with Gasteiger partial charge >= 0.3 is 6.18 Å². The first-order valence-corrected chi connectivity index (χ1v) is 10.1. The predicted molar refractivity (Wildman–Crippen MR) is 95.1 cm³/mol. The van der Waals surface area contributed by atoms with Crippen LogP contribution in [0.5, 0.6) is 0 Å². The van der Waals surface area contributed by atoms with Crippen LogP contribution in [0.15, 0.2) is 47.4 Å². The van der Waals surface area contributed by atoms with Crippen molar-refractivity contribution < 1.29 is 26.0 Å². The number of nitrogens with one attached hydrogen (secondary N) is 1. The molecule has 0 saturated carbocycles. The first-order chi connectivity index (χ1) is 12.6. The molecule has 8 heteroatoms. The molecule has 0 unspecified atom stereocenters. The summed E-state index contributed by atoms with van der Waals surface area (Å²) in [4.78, 5) is -0.0193. The first kappa shape index (κ1) is 21.4. The zero-order valence-electron chi connectivity index (χ0n) is 14.8. The van der Waals surface area contributed by atoms with Gasteiger partial charge in [-0.2, -0.15) is 13.2 Å². The van der Waals surface area contributed by atoms with Crippen LogP contribution in [0.25, 0.3) is 0 Å². The van der Waals surface area contributed by atoms with Gasteiger partial charge in [-0.1, -0.05) is 31.9 Å². The highest BCUT2D eigenvalue weighted by atomic mass is 32.2. The molecule has 2 rings (SSSR count). The van der Waals surface area contributed by atoms with Crippen LogP contribution >= 0.6 is 0 Å². The highest BCUT2D eigenvalue weighted by molar-refractivity contribution is 7.89. The molecule has 3 nitrogen and oxygen atoms in total. The quantitative estimate of drug-likeness (QED) is 0.495. The smallest absolute Gasteiger partial charge is 0.207 e. The van der Waals surface area contributed by atoms with Crippen LogP contribution in [0.3, 0.4) is 0 Å². The van der Waals surface area contributed by atoms with Gasteiger partial charge in [0.1, 0.15) is 5.82 Å². The summed E-state index contributed by atoms with van der Waals surface area (Å²) in [7, 11) is -3.96. The van der Waals surface area contributed by atoms with Gasteiger partial charge < -0.3 is 0 Å². The van der Waals surface area contributed by atoms with E-state index in [-0.39, 0.29) is 10.5 Å². The number of aryl methyl sites for hydroxylation is 1. The number of unbranched alkanes of at least 4 members (excludes halogenated alkanes) is 2. The maximum atomic E-state index is 13.7. The predicted octanol–water partition coefficient (Wildman–Crippen LogP) is 5.06. The third kappa shape index (κ3) is 6.04. The lowest BCUT2D eigenvalue weighted by Crippen LogP contribution is -2.24. The van der Waals surface area contributed by atoms with Crippen molar-refractivity contribution in [3.8, 4) is 0 Å². The molecule has 0 amide bonds. The fourth-order valence-electron chi connectivity index (χ4n) is 2.56. The van der Waals surface area contributed by atoms with Crippen molar-refractivity contribution in [2.45, 2.75) is 50.2 Å². The molecule has 0 spiro atoms. The molecular weight excluding hydrogens is 382 g/mol. The Kier molecular flexibility index (Phi) is 7.00. The summed E-state index contributed by atoms with van der Waals surface area (Å²) < 4.78 is 78.7.